The van der Waals surface area contributed by atoms with Crippen molar-refractivity contribution in [2.75, 3.05) is 12.5 Å². The molecule has 0 fully saturated rings. The number of aliphatic hydroxyl groups excluding tert-OH is 1. The van der Waals surface area contributed by atoms with Crippen LogP contribution in [0.3, 0.4) is 0 Å². The van der Waals surface area contributed by atoms with Crippen LogP contribution in [0.1, 0.15) is 6.92 Å². The van der Waals surface area contributed by atoms with Gasteiger partial charge in [0, 0.05) is 0 Å². The van der Waals surface area contributed by atoms with Crippen LogP contribution < -0.4 is 0 Å². The highest BCUT2D eigenvalue weighted by molar-refractivity contribution is 6.18. The van der Waals surface area contributed by atoms with E-state index in [0.29, 0.717) is 0 Å². The smallest absolute Gasteiger partial charge is 0.115 e. The third-order valence-electron chi connectivity index (χ3n) is 0.951. The molecule has 0 saturated heterocycles. The zero-order chi connectivity index (χ0) is 7.98. The van der Waals surface area contributed by atoms with Gasteiger partial charge in [-0.05, 0) is 6.92 Å². The van der Waals surface area contributed by atoms with E-state index in [1.165, 1.54) is 0 Å². The quantitative estimate of drug-likeness (QED) is 0.485. The number of hydrogen-bond donors (Lipinski definition) is 1. The van der Waals surface area contributed by atoms with Gasteiger partial charge in [-0.2, -0.15) is 0 Å². The molecule has 0 amide bonds. The summed E-state index contributed by atoms with van der Waals surface area (Å²) < 4.78 is 4.97. The van der Waals surface area contributed by atoms with Crippen LogP contribution in [0.5, 0.6) is 0 Å². The Labute approximate surface area is 66.1 Å². The number of hydrogen-bond acceptors (Lipinski definition) is 2. The van der Waals surface area contributed by atoms with Crippen LogP contribution in [0.25, 0.3) is 0 Å². The first-order chi connectivity index (χ1) is 4.70. The summed E-state index contributed by atoms with van der Waals surface area (Å²) in [5.41, 5.74) is 0. The van der Waals surface area contributed by atoms with E-state index in [2.05, 4.69) is 5.92 Å². The molecule has 58 valence electrons. The second-order valence-electron chi connectivity index (χ2n) is 1.95. The number of terminal acetylenes is 1. The predicted molar refractivity (Wildman–Crippen MR) is 41.0 cm³/mol. The molecule has 10 heavy (non-hydrogen) atoms. The van der Waals surface area contributed by atoms with E-state index in [-0.39, 0.29) is 18.6 Å². The Morgan fingerprint density at radius 1 is 1.80 bits per heavy atom. The van der Waals surface area contributed by atoms with Gasteiger partial charge in [0.05, 0.1) is 18.6 Å². The largest absolute Gasteiger partial charge is 0.389 e. The molecule has 0 aliphatic rings. The molecule has 1 N–H and O–H groups in total. The minimum atomic E-state index is -0.613. The van der Waals surface area contributed by atoms with Crippen LogP contribution in [-0.4, -0.2) is 29.8 Å². The van der Waals surface area contributed by atoms with E-state index in [4.69, 9.17) is 27.9 Å². The molecule has 2 nitrogen and oxygen atoms in total. The monoisotopic (exact) mass is 162 g/mol. The summed E-state index contributed by atoms with van der Waals surface area (Å²) in [5, 5.41) is 8.88. The van der Waals surface area contributed by atoms with Gasteiger partial charge in [0.1, 0.15) is 6.10 Å². The SMILES string of the molecule is C#CC(C)OCC(O)CCl. The van der Waals surface area contributed by atoms with E-state index in [9.17, 15) is 0 Å². The molecule has 3 heteroatoms. The molecule has 0 aliphatic carbocycles. The molecule has 0 aromatic carbocycles. The molecule has 0 aromatic heterocycles. The van der Waals surface area contributed by atoms with E-state index >= 15 is 0 Å². The number of ether oxygens (including phenoxy) is 1. The van der Waals surface area contributed by atoms with Gasteiger partial charge < -0.3 is 9.84 Å². The van der Waals surface area contributed by atoms with Crippen molar-refractivity contribution in [1.82, 2.24) is 0 Å². The fourth-order valence-electron chi connectivity index (χ4n) is 0.348. The summed E-state index contributed by atoms with van der Waals surface area (Å²) in [6, 6.07) is 0. The molecule has 0 heterocycles. The zero-order valence-electron chi connectivity index (χ0n) is 5.88. The fourth-order valence-corrected chi connectivity index (χ4v) is 0.437. The van der Waals surface area contributed by atoms with E-state index in [1.54, 1.807) is 6.92 Å². The van der Waals surface area contributed by atoms with Gasteiger partial charge in [-0.15, -0.1) is 18.0 Å². The van der Waals surface area contributed by atoms with Gasteiger partial charge in [-0.25, -0.2) is 0 Å². The summed E-state index contributed by atoms with van der Waals surface area (Å²) in [4.78, 5) is 0. The molecule has 0 rings (SSSR count). The Kier molecular flexibility index (Phi) is 5.42. The van der Waals surface area contributed by atoms with Crippen molar-refractivity contribution in [3.63, 3.8) is 0 Å². The van der Waals surface area contributed by atoms with Crippen LogP contribution in [0.4, 0.5) is 0 Å². The van der Waals surface area contributed by atoms with Crippen molar-refractivity contribution in [3.05, 3.63) is 0 Å². The van der Waals surface area contributed by atoms with E-state index in [1.807, 2.05) is 0 Å². The Hall–Kier alpha value is -0.230. The average molecular weight is 163 g/mol. The van der Waals surface area contributed by atoms with E-state index in [0.717, 1.165) is 0 Å². The fraction of sp³-hybridized carbons (Fsp3) is 0.714. The first-order valence-corrected chi connectivity index (χ1v) is 3.56. The first-order valence-electron chi connectivity index (χ1n) is 3.02. The van der Waals surface area contributed by atoms with Crippen molar-refractivity contribution >= 4 is 11.6 Å². The number of aliphatic hydroxyl groups is 1. The topological polar surface area (TPSA) is 29.5 Å². The lowest BCUT2D eigenvalue weighted by Gasteiger charge is -2.09. The summed E-state index contributed by atoms with van der Waals surface area (Å²) >= 11 is 5.30. The summed E-state index contributed by atoms with van der Waals surface area (Å²) in [6.07, 6.45) is 4.14. The summed E-state index contributed by atoms with van der Waals surface area (Å²) in [7, 11) is 0. The van der Waals surface area contributed by atoms with Crippen LogP contribution in [-0.2, 0) is 4.74 Å². The van der Waals surface area contributed by atoms with Crippen molar-refractivity contribution in [3.8, 4) is 12.3 Å². The highest BCUT2D eigenvalue weighted by Gasteiger charge is 2.03. The Bertz CT molecular complexity index is 119. The molecule has 0 radical (unpaired) electrons. The van der Waals surface area contributed by atoms with Crippen LogP contribution in [0.15, 0.2) is 0 Å². The van der Waals surface area contributed by atoms with Crippen LogP contribution in [0.2, 0.25) is 0 Å². The number of rotatable bonds is 4. The molecule has 2 unspecified atom stereocenters. The standard InChI is InChI=1S/C7H11ClO2/c1-3-6(2)10-5-7(9)4-8/h1,6-7,9H,4-5H2,2H3. The first kappa shape index (κ1) is 9.77. The highest BCUT2D eigenvalue weighted by Crippen LogP contribution is 1.93. The maximum Gasteiger partial charge on any atom is 0.115 e. The molecular formula is C7H11ClO2. The third kappa shape index (κ3) is 4.63. The zero-order valence-corrected chi connectivity index (χ0v) is 6.64. The summed E-state index contributed by atoms with van der Waals surface area (Å²) in [5.74, 6) is 2.55. The van der Waals surface area contributed by atoms with Crippen molar-refractivity contribution in [1.29, 1.82) is 0 Å². The van der Waals surface area contributed by atoms with Crippen molar-refractivity contribution < 1.29 is 9.84 Å². The van der Waals surface area contributed by atoms with Gasteiger partial charge in [0.25, 0.3) is 0 Å². The minimum Gasteiger partial charge on any atom is -0.389 e. The normalized spacial score (nSPS) is 15.8. The number of alkyl halides is 1. The second-order valence-corrected chi connectivity index (χ2v) is 2.26. The lowest BCUT2D eigenvalue weighted by atomic mass is 10.4. The van der Waals surface area contributed by atoms with Gasteiger partial charge in [0.2, 0.25) is 0 Å². The molecule has 0 saturated carbocycles. The van der Waals surface area contributed by atoms with Crippen LogP contribution >= 0.6 is 11.6 Å². The highest BCUT2D eigenvalue weighted by atomic mass is 35.5. The molecule has 0 aromatic rings. The van der Waals surface area contributed by atoms with Gasteiger partial charge in [-0.3, -0.25) is 0 Å². The van der Waals surface area contributed by atoms with Crippen LogP contribution in [0, 0.1) is 12.3 Å². The molecule has 0 aliphatic heterocycles. The van der Waals surface area contributed by atoms with Crippen molar-refractivity contribution in [2.24, 2.45) is 0 Å². The molecule has 0 spiro atoms. The van der Waals surface area contributed by atoms with E-state index < -0.39 is 6.10 Å². The van der Waals surface area contributed by atoms with Gasteiger partial charge in [-0.1, -0.05) is 5.92 Å². The lowest BCUT2D eigenvalue weighted by molar-refractivity contribution is 0.0297. The second kappa shape index (κ2) is 5.55. The number of halogens is 1. The Balaban J connectivity index is 3.28. The third-order valence-corrected chi connectivity index (χ3v) is 1.31. The maximum absolute atomic E-state index is 8.88. The maximum atomic E-state index is 8.88. The molecular weight excluding hydrogens is 152 g/mol. The molecule has 2 atom stereocenters. The molecule has 0 bridgehead atoms. The lowest BCUT2D eigenvalue weighted by Crippen LogP contribution is -2.20. The minimum absolute atomic E-state index is 0.178. The summed E-state index contributed by atoms with van der Waals surface area (Å²) in [6.45, 7) is 1.94. The Morgan fingerprint density at radius 2 is 2.40 bits per heavy atom. The van der Waals surface area contributed by atoms with Crippen molar-refractivity contribution in [2.45, 2.75) is 19.1 Å². The average Bonchev–Trinajstić information content (AvgIpc) is 1.99. The van der Waals surface area contributed by atoms with Gasteiger partial charge in [0.15, 0.2) is 0 Å². The Morgan fingerprint density at radius 3 is 2.80 bits per heavy atom. The predicted octanol–water partition coefficient (Wildman–Crippen LogP) is 0.624. The van der Waals surface area contributed by atoms with Gasteiger partial charge >= 0.3 is 0 Å².